The molecule has 4 aromatic rings. The molecule has 32 heavy (non-hydrogen) atoms. The van der Waals surface area contributed by atoms with Crippen LogP contribution in [0.3, 0.4) is 0 Å². The fourth-order valence-electron chi connectivity index (χ4n) is 2.24. The first-order valence-corrected chi connectivity index (χ1v) is 13.8. The number of nitrogens with two attached hydrogens (primary N) is 2. The second kappa shape index (κ2) is 12.5. The van der Waals surface area contributed by atoms with Gasteiger partial charge in [0.2, 0.25) is 0 Å². The number of phenols is 2. The standard InChI is InChI=1S/C12H12N2S2.C12H10O2S2/c2*13-9-1-5-11(6-2-9)15-16-12-7-3-10(14)4-8-12/h1-8H,13-14H2;1-8,13-14H. The molecule has 0 saturated heterocycles. The molecule has 6 N–H and O–H groups in total. The molecule has 4 rings (SSSR count). The van der Waals surface area contributed by atoms with Crippen molar-refractivity contribution in [3.63, 3.8) is 0 Å². The van der Waals surface area contributed by atoms with Crippen molar-refractivity contribution in [2.45, 2.75) is 19.6 Å². The lowest BCUT2D eigenvalue weighted by atomic mass is 10.3. The van der Waals surface area contributed by atoms with Crippen LogP contribution in [0, 0.1) is 0 Å². The fourth-order valence-corrected chi connectivity index (χ4v) is 6.10. The second-order valence-electron chi connectivity index (χ2n) is 6.46. The van der Waals surface area contributed by atoms with E-state index in [1.54, 1.807) is 67.4 Å². The SMILES string of the molecule is Nc1ccc(SSc2ccc(N)cc2)cc1.Oc1ccc(SSc2ccc(O)cc2)cc1. The Morgan fingerprint density at radius 3 is 0.844 bits per heavy atom. The molecular formula is C24H22N2O2S4. The van der Waals surface area contributed by atoms with Gasteiger partial charge in [0.15, 0.2) is 0 Å². The molecule has 0 aliphatic rings. The molecule has 0 heterocycles. The number of rotatable bonds is 6. The zero-order valence-electron chi connectivity index (χ0n) is 16.9. The van der Waals surface area contributed by atoms with Crippen LogP contribution in [0.2, 0.25) is 0 Å². The molecule has 0 spiro atoms. The molecule has 0 atom stereocenters. The Kier molecular flexibility index (Phi) is 9.43. The van der Waals surface area contributed by atoms with Crippen LogP contribution in [-0.4, -0.2) is 10.2 Å². The van der Waals surface area contributed by atoms with Crippen LogP contribution in [0.1, 0.15) is 0 Å². The molecule has 4 aromatic carbocycles. The minimum absolute atomic E-state index is 0.277. The number of anilines is 2. The molecule has 164 valence electrons. The third-order valence-corrected chi connectivity index (χ3v) is 8.74. The predicted molar refractivity (Wildman–Crippen MR) is 141 cm³/mol. The van der Waals surface area contributed by atoms with Crippen molar-refractivity contribution in [2.75, 3.05) is 11.5 Å². The highest BCUT2D eigenvalue weighted by atomic mass is 33.1. The van der Waals surface area contributed by atoms with Crippen LogP contribution in [0.5, 0.6) is 11.5 Å². The van der Waals surface area contributed by atoms with E-state index in [1.807, 2.05) is 72.8 Å². The lowest BCUT2D eigenvalue weighted by Gasteiger charge is -2.02. The van der Waals surface area contributed by atoms with Gasteiger partial charge in [0.1, 0.15) is 11.5 Å². The predicted octanol–water partition coefficient (Wildman–Crippen LogP) is 7.55. The molecule has 4 nitrogen and oxygen atoms in total. The van der Waals surface area contributed by atoms with Crippen LogP contribution < -0.4 is 11.5 Å². The second-order valence-corrected chi connectivity index (χ2v) is 11.0. The average Bonchev–Trinajstić information content (AvgIpc) is 2.81. The van der Waals surface area contributed by atoms with Crippen molar-refractivity contribution in [2.24, 2.45) is 0 Å². The lowest BCUT2D eigenvalue weighted by molar-refractivity contribution is 0.474. The highest BCUT2D eigenvalue weighted by Gasteiger charge is 1.99. The maximum Gasteiger partial charge on any atom is 0.115 e. The largest absolute Gasteiger partial charge is 0.508 e. The Bertz CT molecular complexity index is 907. The molecule has 0 aliphatic carbocycles. The van der Waals surface area contributed by atoms with Crippen LogP contribution >= 0.6 is 43.2 Å². The number of nitrogen functional groups attached to an aromatic ring is 2. The van der Waals surface area contributed by atoms with Crippen molar-refractivity contribution in [1.82, 2.24) is 0 Å². The topological polar surface area (TPSA) is 92.5 Å². The molecule has 0 radical (unpaired) electrons. The molecule has 0 unspecified atom stereocenters. The molecular weight excluding hydrogens is 477 g/mol. The summed E-state index contributed by atoms with van der Waals surface area (Å²) in [5.74, 6) is 0.554. The number of phenolic OH excluding ortho intramolecular Hbond substituents is 2. The van der Waals surface area contributed by atoms with Gasteiger partial charge in [-0.15, -0.1) is 0 Å². The minimum atomic E-state index is 0.277. The maximum absolute atomic E-state index is 9.13. The van der Waals surface area contributed by atoms with Gasteiger partial charge in [-0.25, -0.2) is 0 Å². The van der Waals surface area contributed by atoms with Crippen molar-refractivity contribution >= 4 is 54.6 Å². The lowest BCUT2D eigenvalue weighted by Crippen LogP contribution is -1.82. The van der Waals surface area contributed by atoms with Crippen molar-refractivity contribution in [3.05, 3.63) is 97.1 Å². The maximum atomic E-state index is 9.13. The molecule has 8 heteroatoms. The third-order valence-electron chi connectivity index (χ3n) is 3.90. The third kappa shape index (κ3) is 8.55. The first kappa shape index (κ1) is 24.1. The van der Waals surface area contributed by atoms with Gasteiger partial charge in [-0.3, -0.25) is 0 Å². The van der Waals surface area contributed by atoms with Gasteiger partial charge in [-0.1, -0.05) is 43.2 Å². The molecule has 0 amide bonds. The Labute approximate surface area is 203 Å². The highest BCUT2D eigenvalue weighted by molar-refractivity contribution is 8.77. The van der Waals surface area contributed by atoms with Gasteiger partial charge in [0.25, 0.3) is 0 Å². The summed E-state index contributed by atoms with van der Waals surface area (Å²) >= 11 is 0. The normalized spacial score (nSPS) is 10.2. The van der Waals surface area contributed by atoms with E-state index in [9.17, 15) is 0 Å². The van der Waals surface area contributed by atoms with E-state index in [-0.39, 0.29) is 11.5 Å². The van der Waals surface area contributed by atoms with Crippen LogP contribution in [-0.2, 0) is 0 Å². The van der Waals surface area contributed by atoms with E-state index in [0.29, 0.717) is 0 Å². The Morgan fingerprint density at radius 2 is 0.594 bits per heavy atom. The molecule has 0 saturated carbocycles. The summed E-state index contributed by atoms with van der Waals surface area (Å²) in [5, 5.41) is 18.3. The summed E-state index contributed by atoms with van der Waals surface area (Å²) in [6.45, 7) is 0. The monoisotopic (exact) mass is 498 g/mol. The zero-order valence-corrected chi connectivity index (χ0v) is 20.2. The first-order valence-electron chi connectivity index (χ1n) is 9.46. The van der Waals surface area contributed by atoms with Crippen LogP contribution in [0.25, 0.3) is 0 Å². The van der Waals surface area contributed by atoms with E-state index in [0.717, 1.165) is 21.2 Å². The minimum Gasteiger partial charge on any atom is -0.508 e. The van der Waals surface area contributed by atoms with E-state index in [1.165, 1.54) is 9.79 Å². The Balaban J connectivity index is 0.000000181. The number of aromatic hydroxyl groups is 2. The summed E-state index contributed by atoms with van der Waals surface area (Å²) in [5.41, 5.74) is 12.8. The van der Waals surface area contributed by atoms with E-state index < -0.39 is 0 Å². The Hall–Kier alpha value is -2.52. The van der Waals surface area contributed by atoms with Gasteiger partial charge in [-0.05, 0) is 97.1 Å². The van der Waals surface area contributed by atoms with E-state index >= 15 is 0 Å². The first-order chi connectivity index (χ1) is 15.5. The number of hydrogen-bond donors (Lipinski definition) is 4. The average molecular weight is 499 g/mol. The fraction of sp³-hybridized carbons (Fsp3) is 0. The molecule has 0 aliphatic heterocycles. The van der Waals surface area contributed by atoms with E-state index in [4.69, 9.17) is 21.7 Å². The van der Waals surface area contributed by atoms with Crippen molar-refractivity contribution in [1.29, 1.82) is 0 Å². The highest BCUT2D eigenvalue weighted by Crippen LogP contribution is 2.38. The van der Waals surface area contributed by atoms with Gasteiger partial charge >= 0.3 is 0 Å². The summed E-state index contributed by atoms with van der Waals surface area (Å²) < 4.78 is 0. The smallest absolute Gasteiger partial charge is 0.115 e. The molecule has 0 bridgehead atoms. The summed E-state index contributed by atoms with van der Waals surface area (Å²) in [7, 11) is 6.64. The molecule has 0 aromatic heterocycles. The van der Waals surface area contributed by atoms with Gasteiger partial charge < -0.3 is 21.7 Å². The van der Waals surface area contributed by atoms with Crippen LogP contribution in [0.4, 0.5) is 11.4 Å². The molecule has 0 fully saturated rings. The summed E-state index contributed by atoms with van der Waals surface area (Å²) in [6.07, 6.45) is 0. The summed E-state index contributed by atoms with van der Waals surface area (Å²) in [4.78, 5) is 4.54. The van der Waals surface area contributed by atoms with Crippen molar-refractivity contribution < 1.29 is 10.2 Å². The van der Waals surface area contributed by atoms with E-state index in [2.05, 4.69) is 0 Å². The van der Waals surface area contributed by atoms with Gasteiger partial charge in [0.05, 0.1) is 0 Å². The zero-order chi connectivity index (χ0) is 22.8. The summed E-state index contributed by atoms with van der Waals surface area (Å²) in [6, 6.07) is 29.8. The van der Waals surface area contributed by atoms with Crippen LogP contribution in [0.15, 0.2) is 117 Å². The van der Waals surface area contributed by atoms with Crippen molar-refractivity contribution in [3.8, 4) is 11.5 Å². The number of hydrogen-bond acceptors (Lipinski definition) is 8. The Morgan fingerprint density at radius 1 is 0.375 bits per heavy atom. The number of benzene rings is 4. The quantitative estimate of drug-likeness (QED) is 0.160. The van der Waals surface area contributed by atoms with Gasteiger partial charge in [-0.2, -0.15) is 0 Å². The van der Waals surface area contributed by atoms with Gasteiger partial charge in [0, 0.05) is 31.0 Å².